The van der Waals surface area contributed by atoms with Gasteiger partial charge in [0.05, 0.1) is 12.1 Å². The highest BCUT2D eigenvalue weighted by molar-refractivity contribution is 5.68. The van der Waals surface area contributed by atoms with Gasteiger partial charge >= 0.3 is 6.09 Å². The summed E-state index contributed by atoms with van der Waals surface area (Å²) in [5, 5.41) is 1.69. The van der Waals surface area contributed by atoms with Crippen LogP contribution in [0.2, 0.25) is 0 Å². The molecule has 0 radical (unpaired) electrons. The van der Waals surface area contributed by atoms with E-state index in [1.54, 1.807) is 5.01 Å². The highest BCUT2D eigenvalue weighted by atomic mass is 16.6. The number of carbonyl (C=O) groups excluding carboxylic acids is 1. The maximum Gasteiger partial charge on any atom is 0.425 e. The molecule has 0 bridgehead atoms. The van der Waals surface area contributed by atoms with Crippen molar-refractivity contribution in [3.05, 3.63) is 71.3 Å². The monoisotopic (exact) mass is 352 g/mol. The Kier molecular flexibility index (Phi) is 5.33. The van der Waals surface area contributed by atoms with E-state index in [0.717, 1.165) is 12.8 Å². The first kappa shape index (κ1) is 18.5. The van der Waals surface area contributed by atoms with Crippen molar-refractivity contribution in [3.63, 3.8) is 0 Å². The second kappa shape index (κ2) is 7.50. The van der Waals surface area contributed by atoms with E-state index in [2.05, 4.69) is 48.7 Å². The predicted molar refractivity (Wildman–Crippen MR) is 104 cm³/mol. The Hall–Kier alpha value is -2.33. The molecule has 1 heterocycles. The molecule has 2 atom stereocenters. The van der Waals surface area contributed by atoms with E-state index >= 15 is 0 Å². The van der Waals surface area contributed by atoms with Gasteiger partial charge in [-0.15, -0.1) is 0 Å². The van der Waals surface area contributed by atoms with Crippen LogP contribution in [0.15, 0.2) is 54.6 Å². The second-order valence-electron chi connectivity index (χ2n) is 8.03. The van der Waals surface area contributed by atoms with Crippen LogP contribution in [0.25, 0.3) is 0 Å². The van der Waals surface area contributed by atoms with Crippen molar-refractivity contribution in [2.75, 3.05) is 0 Å². The SMILES string of the molecule is Cc1cccc(C[C@H]2C[C@@H](c3ccccc3)NN2C(=O)OC(C)(C)C)c1. The van der Waals surface area contributed by atoms with Gasteiger partial charge in [0, 0.05) is 0 Å². The van der Waals surface area contributed by atoms with Gasteiger partial charge in [-0.25, -0.2) is 15.2 Å². The van der Waals surface area contributed by atoms with Crippen LogP contribution < -0.4 is 5.43 Å². The summed E-state index contributed by atoms with van der Waals surface area (Å²) in [4.78, 5) is 12.7. The van der Waals surface area contributed by atoms with Gasteiger partial charge in [-0.05, 0) is 51.7 Å². The standard InChI is InChI=1S/C22H28N2O2/c1-16-9-8-10-17(13-16)14-19-15-20(18-11-6-5-7-12-18)23-24(19)21(25)26-22(2,3)4/h5-13,19-20,23H,14-15H2,1-4H3/t19-,20-/m0/s1. The molecule has 0 saturated carbocycles. The molecule has 2 aromatic carbocycles. The Labute approximate surface area is 156 Å². The van der Waals surface area contributed by atoms with E-state index in [1.807, 2.05) is 39.0 Å². The fourth-order valence-electron chi connectivity index (χ4n) is 3.40. The third-order valence-electron chi connectivity index (χ3n) is 4.51. The zero-order valence-electron chi connectivity index (χ0n) is 16.0. The molecule has 4 heteroatoms. The molecule has 138 valence electrons. The fraction of sp³-hybridized carbons (Fsp3) is 0.409. The van der Waals surface area contributed by atoms with Crippen LogP contribution in [0.5, 0.6) is 0 Å². The largest absolute Gasteiger partial charge is 0.443 e. The Morgan fingerprint density at radius 2 is 1.88 bits per heavy atom. The number of hydrazine groups is 1. The Morgan fingerprint density at radius 1 is 1.15 bits per heavy atom. The molecular formula is C22H28N2O2. The first-order chi connectivity index (χ1) is 12.3. The van der Waals surface area contributed by atoms with Gasteiger partial charge in [0.15, 0.2) is 0 Å². The summed E-state index contributed by atoms with van der Waals surface area (Å²) in [6, 6.07) is 18.9. The summed E-state index contributed by atoms with van der Waals surface area (Å²) in [5.41, 5.74) is 6.51. The van der Waals surface area contributed by atoms with Crippen LogP contribution in [0.3, 0.4) is 0 Å². The third kappa shape index (κ3) is 4.64. The number of aryl methyl sites for hydroxylation is 1. The molecule has 1 fully saturated rings. The second-order valence-corrected chi connectivity index (χ2v) is 8.03. The highest BCUT2D eigenvalue weighted by Gasteiger charge is 2.38. The van der Waals surface area contributed by atoms with Gasteiger partial charge in [-0.1, -0.05) is 60.2 Å². The maximum absolute atomic E-state index is 12.7. The number of amides is 1. The molecule has 1 N–H and O–H groups in total. The topological polar surface area (TPSA) is 41.6 Å². The van der Waals surface area contributed by atoms with E-state index in [4.69, 9.17) is 4.74 Å². The summed E-state index contributed by atoms with van der Waals surface area (Å²) >= 11 is 0. The van der Waals surface area contributed by atoms with E-state index in [-0.39, 0.29) is 18.2 Å². The minimum absolute atomic E-state index is 0.0526. The van der Waals surface area contributed by atoms with Crippen molar-refractivity contribution in [1.29, 1.82) is 0 Å². The summed E-state index contributed by atoms with van der Waals surface area (Å²) in [6.45, 7) is 7.77. The average molecular weight is 352 g/mol. The summed E-state index contributed by atoms with van der Waals surface area (Å²) in [5.74, 6) is 0. The molecular weight excluding hydrogens is 324 g/mol. The van der Waals surface area contributed by atoms with Crippen LogP contribution in [-0.2, 0) is 11.2 Å². The van der Waals surface area contributed by atoms with Crippen LogP contribution in [0.1, 0.15) is 49.9 Å². The maximum atomic E-state index is 12.7. The van der Waals surface area contributed by atoms with Crippen LogP contribution in [0.4, 0.5) is 4.79 Å². The summed E-state index contributed by atoms with van der Waals surface area (Å²) in [7, 11) is 0. The van der Waals surface area contributed by atoms with Crippen LogP contribution in [0, 0.1) is 6.92 Å². The highest BCUT2D eigenvalue weighted by Crippen LogP contribution is 2.30. The summed E-state index contributed by atoms with van der Waals surface area (Å²) in [6.07, 6.45) is 1.35. The first-order valence-corrected chi connectivity index (χ1v) is 9.21. The van der Waals surface area contributed by atoms with Gasteiger partial charge in [0.1, 0.15) is 5.60 Å². The Bertz CT molecular complexity index is 752. The van der Waals surface area contributed by atoms with E-state index in [1.165, 1.54) is 16.7 Å². The number of nitrogens with zero attached hydrogens (tertiary/aromatic N) is 1. The minimum atomic E-state index is -0.516. The van der Waals surface area contributed by atoms with Gasteiger partial charge in [0.25, 0.3) is 0 Å². The fourth-order valence-corrected chi connectivity index (χ4v) is 3.40. The summed E-state index contributed by atoms with van der Waals surface area (Å²) < 4.78 is 5.62. The number of hydrogen-bond acceptors (Lipinski definition) is 3. The molecule has 26 heavy (non-hydrogen) atoms. The van der Waals surface area contributed by atoms with Crippen molar-refractivity contribution >= 4 is 6.09 Å². The lowest BCUT2D eigenvalue weighted by molar-refractivity contribution is 0.0114. The molecule has 0 spiro atoms. The van der Waals surface area contributed by atoms with Crippen LogP contribution in [-0.4, -0.2) is 22.7 Å². The molecule has 0 unspecified atom stereocenters. The van der Waals surface area contributed by atoms with E-state index in [0.29, 0.717) is 0 Å². The predicted octanol–water partition coefficient (Wildman–Crippen LogP) is 4.79. The lowest BCUT2D eigenvalue weighted by Gasteiger charge is -2.28. The van der Waals surface area contributed by atoms with Crippen molar-refractivity contribution in [3.8, 4) is 0 Å². The minimum Gasteiger partial charge on any atom is -0.443 e. The molecule has 2 aromatic rings. The number of benzene rings is 2. The number of hydrogen-bond donors (Lipinski definition) is 1. The average Bonchev–Trinajstić information content (AvgIpc) is 2.98. The molecule has 4 nitrogen and oxygen atoms in total. The first-order valence-electron chi connectivity index (χ1n) is 9.21. The normalized spacial score (nSPS) is 20.2. The Morgan fingerprint density at radius 3 is 2.54 bits per heavy atom. The number of nitrogens with one attached hydrogen (secondary N) is 1. The van der Waals surface area contributed by atoms with Gasteiger partial charge in [0.2, 0.25) is 0 Å². The molecule has 0 aliphatic carbocycles. The lowest BCUT2D eigenvalue weighted by Crippen LogP contribution is -2.46. The molecule has 1 aliphatic heterocycles. The molecule has 1 saturated heterocycles. The van der Waals surface area contributed by atoms with Crippen molar-refractivity contribution in [2.24, 2.45) is 0 Å². The zero-order chi connectivity index (χ0) is 18.7. The van der Waals surface area contributed by atoms with Gasteiger partial charge in [-0.2, -0.15) is 0 Å². The molecule has 0 aromatic heterocycles. The quantitative estimate of drug-likeness (QED) is 0.863. The number of rotatable bonds is 3. The zero-order valence-corrected chi connectivity index (χ0v) is 16.0. The Balaban J connectivity index is 1.81. The third-order valence-corrected chi connectivity index (χ3v) is 4.51. The lowest BCUT2D eigenvalue weighted by atomic mass is 9.97. The van der Waals surface area contributed by atoms with Crippen molar-refractivity contribution < 1.29 is 9.53 Å². The van der Waals surface area contributed by atoms with E-state index < -0.39 is 5.60 Å². The molecule has 1 amide bonds. The van der Waals surface area contributed by atoms with Gasteiger partial charge in [-0.3, -0.25) is 0 Å². The smallest absolute Gasteiger partial charge is 0.425 e. The van der Waals surface area contributed by atoms with E-state index in [9.17, 15) is 4.79 Å². The van der Waals surface area contributed by atoms with Crippen molar-refractivity contribution in [2.45, 2.75) is 58.2 Å². The molecule has 1 aliphatic rings. The van der Waals surface area contributed by atoms with Gasteiger partial charge < -0.3 is 4.74 Å². The van der Waals surface area contributed by atoms with Crippen molar-refractivity contribution in [1.82, 2.24) is 10.4 Å². The molecule has 3 rings (SSSR count). The number of ether oxygens (including phenoxy) is 1. The van der Waals surface area contributed by atoms with Crippen LogP contribution >= 0.6 is 0 Å². The number of carbonyl (C=O) groups is 1.